The van der Waals surface area contributed by atoms with Gasteiger partial charge in [-0.1, -0.05) is 12.8 Å². The van der Waals surface area contributed by atoms with E-state index in [-0.39, 0.29) is 11.9 Å². The largest absolute Gasteiger partial charge is 0.351 e. The Kier molecular flexibility index (Phi) is 5.23. The zero-order valence-corrected chi connectivity index (χ0v) is 18.7. The lowest BCUT2D eigenvalue weighted by atomic mass is 9.91. The highest BCUT2D eigenvalue weighted by Gasteiger charge is 2.41. The Morgan fingerprint density at radius 3 is 2.66 bits per heavy atom. The highest BCUT2D eigenvalue weighted by Crippen LogP contribution is 2.40. The summed E-state index contributed by atoms with van der Waals surface area (Å²) in [5.41, 5.74) is 1.30. The minimum atomic E-state index is -0.475. The average molecular weight is 415 g/mol. The van der Waals surface area contributed by atoms with Gasteiger partial charge in [0.25, 0.3) is 0 Å². The highest BCUT2D eigenvalue weighted by molar-refractivity contribution is 7.09. The quantitative estimate of drug-likeness (QED) is 0.809. The van der Waals surface area contributed by atoms with Crippen LogP contribution < -0.4 is 15.1 Å². The summed E-state index contributed by atoms with van der Waals surface area (Å²) in [5, 5.41) is 6.50. The van der Waals surface area contributed by atoms with E-state index in [1.165, 1.54) is 12.8 Å². The fraction of sp³-hybridized carbons (Fsp3) is 0.619. The molecule has 1 aliphatic carbocycles. The number of carbonyl (C=O) groups excluding carboxylic acids is 1. The third kappa shape index (κ3) is 3.82. The number of carbonyl (C=O) groups is 1. The van der Waals surface area contributed by atoms with Crippen LogP contribution in [0, 0.1) is 12.3 Å². The number of hydrogen-bond acceptors (Lipinski definition) is 7. The van der Waals surface area contributed by atoms with Gasteiger partial charge in [0.05, 0.1) is 28.4 Å². The van der Waals surface area contributed by atoms with Gasteiger partial charge in [0.1, 0.15) is 5.69 Å². The van der Waals surface area contributed by atoms with Crippen molar-refractivity contribution in [2.75, 3.05) is 28.7 Å². The summed E-state index contributed by atoms with van der Waals surface area (Å²) in [4.78, 5) is 31.1. The maximum atomic E-state index is 13.1. The van der Waals surface area contributed by atoms with Gasteiger partial charge >= 0.3 is 0 Å². The van der Waals surface area contributed by atoms with Gasteiger partial charge in [0, 0.05) is 25.0 Å². The molecule has 1 saturated carbocycles. The first-order chi connectivity index (χ1) is 13.8. The molecule has 1 N–H and O–H groups in total. The molecule has 4 rings (SSSR count). The van der Waals surface area contributed by atoms with Crippen LogP contribution >= 0.6 is 11.3 Å². The number of anilines is 3. The fourth-order valence-corrected chi connectivity index (χ4v) is 5.09. The molecule has 2 aromatic heterocycles. The molecule has 1 aliphatic heterocycles. The number of aryl methyl sites for hydroxylation is 1. The Morgan fingerprint density at radius 2 is 2.00 bits per heavy atom. The van der Waals surface area contributed by atoms with Crippen molar-refractivity contribution in [3.05, 3.63) is 22.3 Å². The van der Waals surface area contributed by atoms with E-state index < -0.39 is 5.41 Å². The molecule has 1 fully saturated rings. The van der Waals surface area contributed by atoms with Gasteiger partial charge in [-0.3, -0.25) is 4.79 Å². The number of amides is 1. The number of nitrogens with zero attached hydrogens (tertiary/aromatic N) is 5. The zero-order valence-electron chi connectivity index (χ0n) is 17.9. The SMILES string of the molecule is Cc1nc([C@@H](C)Nc2ncc3c(n2)N(C2CCCC2)CC(C)(C)C(=O)N3C)cs1. The van der Waals surface area contributed by atoms with Gasteiger partial charge in [-0.25, -0.2) is 9.97 Å². The van der Waals surface area contributed by atoms with Crippen molar-refractivity contribution < 1.29 is 4.79 Å². The predicted molar refractivity (Wildman–Crippen MR) is 118 cm³/mol. The molecule has 1 atom stereocenters. The molecule has 0 radical (unpaired) electrons. The summed E-state index contributed by atoms with van der Waals surface area (Å²) in [7, 11) is 1.83. The van der Waals surface area contributed by atoms with Crippen molar-refractivity contribution in [3.8, 4) is 0 Å². The number of rotatable bonds is 4. The molecule has 2 aromatic rings. The minimum Gasteiger partial charge on any atom is -0.351 e. The van der Waals surface area contributed by atoms with Crippen LogP contribution in [0.1, 0.15) is 63.2 Å². The van der Waals surface area contributed by atoms with E-state index in [0.29, 0.717) is 18.5 Å². The summed E-state index contributed by atoms with van der Waals surface area (Å²) in [5.74, 6) is 1.54. The molecule has 2 aliphatic rings. The van der Waals surface area contributed by atoms with Gasteiger partial charge in [0.15, 0.2) is 5.82 Å². The van der Waals surface area contributed by atoms with Crippen LogP contribution in [0.5, 0.6) is 0 Å². The Hall–Kier alpha value is -2.22. The van der Waals surface area contributed by atoms with E-state index in [1.54, 1.807) is 22.4 Å². The van der Waals surface area contributed by atoms with Crippen molar-refractivity contribution >= 4 is 34.7 Å². The summed E-state index contributed by atoms with van der Waals surface area (Å²) in [6, 6.07) is 0.438. The maximum Gasteiger partial charge on any atom is 0.234 e. The Bertz CT molecular complexity index is 904. The van der Waals surface area contributed by atoms with Crippen LogP contribution in [0.15, 0.2) is 11.6 Å². The number of thiazole rings is 1. The van der Waals surface area contributed by atoms with Gasteiger partial charge in [-0.2, -0.15) is 4.98 Å². The third-order valence-corrected chi connectivity index (χ3v) is 6.82. The molecule has 0 bridgehead atoms. The van der Waals surface area contributed by atoms with Crippen molar-refractivity contribution in [3.63, 3.8) is 0 Å². The van der Waals surface area contributed by atoms with Crippen LogP contribution in [0.2, 0.25) is 0 Å². The summed E-state index contributed by atoms with van der Waals surface area (Å²) >= 11 is 1.64. The lowest BCUT2D eigenvalue weighted by Gasteiger charge is -2.34. The molecule has 156 valence electrons. The Morgan fingerprint density at radius 1 is 1.28 bits per heavy atom. The van der Waals surface area contributed by atoms with Crippen molar-refractivity contribution in [2.45, 2.75) is 65.5 Å². The van der Waals surface area contributed by atoms with Crippen molar-refractivity contribution in [1.29, 1.82) is 0 Å². The van der Waals surface area contributed by atoms with Crippen LogP contribution in [0.4, 0.5) is 17.5 Å². The molecule has 7 nitrogen and oxygen atoms in total. The smallest absolute Gasteiger partial charge is 0.234 e. The second-order valence-corrected chi connectivity index (χ2v) is 9.94. The fourth-order valence-electron chi connectivity index (χ4n) is 4.38. The minimum absolute atomic E-state index is 0.0134. The summed E-state index contributed by atoms with van der Waals surface area (Å²) < 4.78 is 0. The standard InChI is InChI=1S/C21H30N6OS/c1-13(16-11-29-14(2)24-16)23-20-22-10-17-18(25-20)27(15-8-6-7-9-15)12-21(3,4)19(28)26(17)5/h10-11,13,15H,6-9,12H2,1-5H3,(H,22,23,25)/t13-/m1/s1. The van der Waals surface area contributed by atoms with Crippen LogP contribution in [-0.4, -0.2) is 40.5 Å². The monoisotopic (exact) mass is 414 g/mol. The van der Waals surface area contributed by atoms with Crippen LogP contribution in [0.3, 0.4) is 0 Å². The van der Waals surface area contributed by atoms with E-state index in [9.17, 15) is 4.79 Å². The molecule has 29 heavy (non-hydrogen) atoms. The number of hydrogen-bond donors (Lipinski definition) is 1. The summed E-state index contributed by atoms with van der Waals surface area (Å²) in [6.07, 6.45) is 6.54. The zero-order chi connectivity index (χ0) is 20.8. The Balaban J connectivity index is 1.70. The van der Waals surface area contributed by atoms with Crippen LogP contribution in [-0.2, 0) is 4.79 Å². The van der Waals surface area contributed by atoms with Gasteiger partial charge in [-0.15, -0.1) is 11.3 Å². The second-order valence-electron chi connectivity index (χ2n) is 8.87. The number of aromatic nitrogens is 3. The molecular weight excluding hydrogens is 384 g/mol. The van der Waals surface area contributed by atoms with E-state index >= 15 is 0 Å². The first-order valence-corrected chi connectivity index (χ1v) is 11.2. The van der Waals surface area contributed by atoms with Crippen molar-refractivity contribution in [2.24, 2.45) is 5.41 Å². The molecule has 0 aromatic carbocycles. The van der Waals surface area contributed by atoms with Crippen LogP contribution in [0.25, 0.3) is 0 Å². The van der Waals surface area contributed by atoms with Gasteiger partial charge in [-0.05, 0) is 40.5 Å². The molecule has 0 unspecified atom stereocenters. The summed E-state index contributed by atoms with van der Waals surface area (Å²) in [6.45, 7) is 8.80. The lowest BCUT2D eigenvalue weighted by Crippen LogP contribution is -2.45. The molecular formula is C21H30N6OS. The Labute approximate surface area is 176 Å². The molecule has 1 amide bonds. The third-order valence-electron chi connectivity index (χ3n) is 6.02. The van der Waals surface area contributed by atoms with E-state index in [1.807, 2.05) is 27.8 Å². The average Bonchev–Trinajstić information content (AvgIpc) is 3.35. The molecule has 8 heteroatoms. The van der Waals surface area contributed by atoms with Crippen molar-refractivity contribution in [1.82, 2.24) is 15.0 Å². The molecule has 0 spiro atoms. The molecule has 3 heterocycles. The normalized spacial score (nSPS) is 20.5. The van der Waals surface area contributed by atoms with Gasteiger partial charge < -0.3 is 15.1 Å². The maximum absolute atomic E-state index is 13.1. The number of nitrogens with one attached hydrogen (secondary N) is 1. The second kappa shape index (κ2) is 7.55. The highest BCUT2D eigenvalue weighted by atomic mass is 32.1. The van der Waals surface area contributed by atoms with Gasteiger partial charge in [0.2, 0.25) is 11.9 Å². The predicted octanol–water partition coefficient (Wildman–Crippen LogP) is 4.17. The lowest BCUT2D eigenvalue weighted by molar-refractivity contribution is -0.125. The van der Waals surface area contributed by atoms with E-state index in [4.69, 9.17) is 4.98 Å². The van der Waals surface area contributed by atoms with E-state index in [0.717, 1.165) is 35.0 Å². The first-order valence-electron chi connectivity index (χ1n) is 10.4. The number of fused-ring (bicyclic) bond motifs is 1. The topological polar surface area (TPSA) is 74.2 Å². The first kappa shape index (κ1) is 20.1. The molecule has 0 saturated heterocycles. The van der Waals surface area contributed by atoms with E-state index in [2.05, 4.69) is 32.5 Å².